The van der Waals surface area contributed by atoms with E-state index < -0.39 is 0 Å². The average Bonchev–Trinajstić information content (AvgIpc) is 2.26. The monoisotopic (exact) mass is 167 g/mol. The number of hydrogen-bond acceptors (Lipinski definition) is 3. The van der Waals surface area contributed by atoms with Crippen molar-refractivity contribution in [3.05, 3.63) is 12.4 Å². The van der Waals surface area contributed by atoms with Crippen molar-refractivity contribution < 1.29 is 4.79 Å². The van der Waals surface area contributed by atoms with Crippen molar-refractivity contribution in [2.24, 2.45) is 11.0 Å². The van der Waals surface area contributed by atoms with E-state index in [4.69, 9.17) is 0 Å². The fourth-order valence-electron chi connectivity index (χ4n) is 0.821. The van der Waals surface area contributed by atoms with E-state index in [2.05, 4.69) is 17.0 Å². The maximum Gasteiger partial charge on any atom is 0.247 e. The van der Waals surface area contributed by atoms with Gasteiger partial charge in [0.25, 0.3) is 0 Å². The molecule has 4 nitrogen and oxygen atoms in total. The van der Waals surface area contributed by atoms with Gasteiger partial charge >= 0.3 is 0 Å². The van der Waals surface area contributed by atoms with E-state index in [-0.39, 0.29) is 12.5 Å². The molecule has 1 fully saturated rings. The number of nitrogens with zero attached hydrogens (tertiary/aromatic N) is 2. The summed E-state index contributed by atoms with van der Waals surface area (Å²) in [6, 6.07) is 0. The summed E-state index contributed by atoms with van der Waals surface area (Å²) in [6.45, 7) is 7.97. The van der Waals surface area contributed by atoms with Crippen molar-refractivity contribution in [1.82, 2.24) is 10.3 Å². The Labute approximate surface area is 71.9 Å². The molecule has 0 spiro atoms. The Kier molecular flexibility index (Phi) is 2.47. The number of carbonyl (C=O) groups is 1. The molecular formula is C8H13N3O. The minimum Gasteiger partial charge on any atom is -0.310 e. The molecule has 1 rings (SSSR count). The van der Waals surface area contributed by atoms with Gasteiger partial charge in [-0.15, -0.1) is 0 Å². The highest BCUT2D eigenvalue weighted by Gasteiger charge is 2.20. The zero-order valence-corrected chi connectivity index (χ0v) is 7.37. The number of carbonyl (C=O) groups excluding carboxylic acids is 1. The SMILES string of the molecule is C=C1NC(=O)CN1/N=C/C(C)C. The summed E-state index contributed by atoms with van der Waals surface area (Å²) in [4.78, 5) is 10.8. The average molecular weight is 167 g/mol. The highest BCUT2D eigenvalue weighted by molar-refractivity contribution is 5.82. The normalized spacial score (nSPS) is 18.1. The van der Waals surface area contributed by atoms with E-state index >= 15 is 0 Å². The zero-order valence-electron chi connectivity index (χ0n) is 7.37. The van der Waals surface area contributed by atoms with Crippen molar-refractivity contribution in [3.8, 4) is 0 Å². The predicted molar refractivity (Wildman–Crippen MR) is 47.3 cm³/mol. The van der Waals surface area contributed by atoms with Crippen LogP contribution in [0, 0.1) is 5.92 Å². The fourth-order valence-corrected chi connectivity index (χ4v) is 0.821. The second-order valence-electron chi connectivity index (χ2n) is 3.06. The van der Waals surface area contributed by atoms with Crippen LogP contribution in [0.25, 0.3) is 0 Å². The summed E-state index contributed by atoms with van der Waals surface area (Å²) in [5.74, 6) is 0.881. The molecule has 0 atom stereocenters. The first-order valence-corrected chi connectivity index (χ1v) is 3.90. The van der Waals surface area contributed by atoms with E-state index in [0.29, 0.717) is 11.7 Å². The maximum absolute atomic E-state index is 10.8. The van der Waals surface area contributed by atoms with Gasteiger partial charge in [-0.3, -0.25) is 4.79 Å². The quantitative estimate of drug-likeness (QED) is 0.610. The van der Waals surface area contributed by atoms with Crippen molar-refractivity contribution >= 4 is 12.1 Å². The summed E-state index contributed by atoms with van der Waals surface area (Å²) in [5.41, 5.74) is 0. The minimum absolute atomic E-state index is 0.0547. The predicted octanol–water partition coefficient (Wildman–Crippen LogP) is 0.531. The van der Waals surface area contributed by atoms with Crippen molar-refractivity contribution in [3.63, 3.8) is 0 Å². The molecular weight excluding hydrogens is 154 g/mol. The van der Waals surface area contributed by atoms with Gasteiger partial charge in [-0.2, -0.15) is 5.10 Å². The Bertz CT molecular complexity index is 232. The maximum atomic E-state index is 10.8. The third-order valence-electron chi connectivity index (χ3n) is 1.39. The number of hydrogen-bond donors (Lipinski definition) is 1. The Morgan fingerprint density at radius 2 is 2.42 bits per heavy atom. The van der Waals surface area contributed by atoms with Gasteiger partial charge in [0.15, 0.2) is 0 Å². The van der Waals surface area contributed by atoms with Crippen LogP contribution in [0.15, 0.2) is 17.5 Å². The molecule has 1 saturated heterocycles. The number of nitrogens with one attached hydrogen (secondary N) is 1. The molecule has 0 aromatic carbocycles. The van der Waals surface area contributed by atoms with Gasteiger partial charge in [0.05, 0.1) is 0 Å². The molecule has 0 radical (unpaired) electrons. The first-order chi connectivity index (χ1) is 5.59. The van der Waals surface area contributed by atoms with Gasteiger partial charge in [0, 0.05) is 6.21 Å². The van der Waals surface area contributed by atoms with E-state index in [1.165, 1.54) is 0 Å². The summed E-state index contributed by atoms with van der Waals surface area (Å²) in [7, 11) is 0. The lowest BCUT2D eigenvalue weighted by Gasteiger charge is -2.08. The molecule has 0 unspecified atom stereocenters. The van der Waals surface area contributed by atoms with Crippen LogP contribution >= 0.6 is 0 Å². The van der Waals surface area contributed by atoms with Crippen LogP contribution < -0.4 is 5.32 Å². The highest BCUT2D eigenvalue weighted by Crippen LogP contribution is 2.05. The second-order valence-corrected chi connectivity index (χ2v) is 3.06. The molecule has 1 aliphatic heterocycles. The van der Waals surface area contributed by atoms with E-state index in [9.17, 15) is 4.79 Å². The van der Waals surface area contributed by atoms with Crippen LogP contribution in [0.4, 0.5) is 0 Å². The topological polar surface area (TPSA) is 44.7 Å². The van der Waals surface area contributed by atoms with E-state index in [1.807, 2.05) is 13.8 Å². The first-order valence-electron chi connectivity index (χ1n) is 3.90. The van der Waals surface area contributed by atoms with Crippen LogP contribution in [0.5, 0.6) is 0 Å². The standard InChI is InChI=1S/C8H13N3O/c1-6(2)4-9-11-5-8(12)10-7(11)3/h4,6H,3,5H2,1-2H3,(H,10,12)/b9-4+. The molecule has 1 N–H and O–H groups in total. The molecule has 4 heteroatoms. The van der Waals surface area contributed by atoms with Crippen LogP contribution in [-0.4, -0.2) is 23.7 Å². The molecule has 1 heterocycles. The number of hydrazone groups is 1. The molecule has 0 aliphatic carbocycles. The summed E-state index contributed by atoms with van der Waals surface area (Å²) in [5, 5.41) is 8.21. The van der Waals surface area contributed by atoms with Gasteiger partial charge in [0.1, 0.15) is 12.4 Å². The first kappa shape index (κ1) is 8.77. The lowest BCUT2D eigenvalue weighted by atomic mass is 10.3. The molecule has 1 amide bonds. The molecule has 0 aromatic heterocycles. The molecule has 1 aliphatic rings. The molecule has 0 bridgehead atoms. The van der Waals surface area contributed by atoms with Gasteiger partial charge < -0.3 is 5.32 Å². The Morgan fingerprint density at radius 3 is 2.83 bits per heavy atom. The van der Waals surface area contributed by atoms with Crippen LogP contribution in [0.1, 0.15) is 13.8 Å². The van der Waals surface area contributed by atoms with Crippen LogP contribution in [-0.2, 0) is 4.79 Å². The van der Waals surface area contributed by atoms with Gasteiger partial charge in [-0.05, 0) is 5.92 Å². The third-order valence-corrected chi connectivity index (χ3v) is 1.39. The minimum atomic E-state index is -0.0547. The summed E-state index contributed by atoms with van der Waals surface area (Å²) >= 11 is 0. The van der Waals surface area contributed by atoms with E-state index in [0.717, 1.165) is 0 Å². The largest absolute Gasteiger partial charge is 0.310 e. The van der Waals surface area contributed by atoms with Crippen molar-refractivity contribution in [2.75, 3.05) is 6.54 Å². The summed E-state index contributed by atoms with van der Waals surface area (Å²) in [6.07, 6.45) is 1.78. The lowest BCUT2D eigenvalue weighted by molar-refractivity contribution is -0.118. The molecule has 66 valence electrons. The number of amides is 1. The Hall–Kier alpha value is -1.32. The zero-order chi connectivity index (χ0) is 9.14. The Morgan fingerprint density at radius 1 is 1.75 bits per heavy atom. The van der Waals surface area contributed by atoms with Crippen LogP contribution in [0.2, 0.25) is 0 Å². The molecule has 0 saturated carbocycles. The van der Waals surface area contributed by atoms with Gasteiger partial charge in [-0.25, -0.2) is 5.01 Å². The fraction of sp³-hybridized carbons (Fsp3) is 0.500. The smallest absolute Gasteiger partial charge is 0.247 e. The molecule has 0 aromatic rings. The van der Waals surface area contributed by atoms with Gasteiger partial charge in [0.2, 0.25) is 5.91 Å². The van der Waals surface area contributed by atoms with Gasteiger partial charge in [-0.1, -0.05) is 20.4 Å². The summed E-state index contributed by atoms with van der Waals surface area (Å²) < 4.78 is 0. The lowest BCUT2D eigenvalue weighted by Crippen LogP contribution is -2.12. The van der Waals surface area contributed by atoms with Crippen LogP contribution in [0.3, 0.4) is 0 Å². The van der Waals surface area contributed by atoms with Crippen molar-refractivity contribution in [2.45, 2.75) is 13.8 Å². The second kappa shape index (κ2) is 3.38. The number of rotatable bonds is 2. The Balaban J connectivity index is 2.54. The van der Waals surface area contributed by atoms with E-state index in [1.54, 1.807) is 11.2 Å². The molecule has 12 heavy (non-hydrogen) atoms. The van der Waals surface area contributed by atoms with Crippen molar-refractivity contribution in [1.29, 1.82) is 0 Å². The highest BCUT2D eigenvalue weighted by atomic mass is 16.2. The third kappa shape index (κ3) is 2.08.